The SMILES string of the molecule is COCC(O)CN(C)c1nc(Cl)nc2ccccc12. The van der Waals surface area contributed by atoms with Gasteiger partial charge >= 0.3 is 0 Å². The van der Waals surface area contributed by atoms with Crippen LogP contribution in [-0.2, 0) is 4.74 Å². The standard InChI is InChI=1S/C13H16ClN3O2/c1-17(7-9(18)8-19-2)12-10-5-3-4-6-11(10)15-13(14)16-12/h3-6,9,18H,7-8H2,1-2H3. The summed E-state index contributed by atoms with van der Waals surface area (Å²) in [5.41, 5.74) is 0.783. The van der Waals surface area contributed by atoms with Gasteiger partial charge in [-0.2, -0.15) is 4.98 Å². The van der Waals surface area contributed by atoms with E-state index >= 15 is 0 Å². The fourth-order valence-electron chi connectivity index (χ4n) is 1.97. The maximum absolute atomic E-state index is 9.78. The van der Waals surface area contributed by atoms with Gasteiger partial charge < -0.3 is 14.7 Å². The first kappa shape index (κ1) is 14.0. The number of benzene rings is 1. The zero-order valence-electron chi connectivity index (χ0n) is 10.9. The molecular weight excluding hydrogens is 266 g/mol. The van der Waals surface area contributed by atoms with E-state index in [0.29, 0.717) is 12.4 Å². The Kier molecular flexibility index (Phi) is 4.52. The molecule has 1 aromatic carbocycles. The number of hydrogen-bond donors (Lipinski definition) is 1. The molecule has 102 valence electrons. The summed E-state index contributed by atoms with van der Waals surface area (Å²) >= 11 is 5.93. The highest BCUT2D eigenvalue weighted by Gasteiger charge is 2.14. The minimum atomic E-state index is -0.581. The van der Waals surface area contributed by atoms with Crippen molar-refractivity contribution in [2.75, 3.05) is 32.2 Å². The smallest absolute Gasteiger partial charge is 0.224 e. The van der Waals surface area contributed by atoms with Crippen molar-refractivity contribution in [3.63, 3.8) is 0 Å². The maximum atomic E-state index is 9.78. The van der Waals surface area contributed by atoms with Crippen molar-refractivity contribution in [2.45, 2.75) is 6.10 Å². The van der Waals surface area contributed by atoms with Gasteiger partial charge in [0.05, 0.1) is 18.2 Å². The molecule has 0 bridgehead atoms. The largest absolute Gasteiger partial charge is 0.389 e. The van der Waals surface area contributed by atoms with Crippen LogP contribution in [0.25, 0.3) is 10.9 Å². The Balaban J connectivity index is 2.33. The van der Waals surface area contributed by atoms with Gasteiger partial charge in [0.1, 0.15) is 5.82 Å². The first-order chi connectivity index (χ1) is 9.11. The molecule has 0 saturated heterocycles. The van der Waals surface area contributed by atoms with Gasteiger partial charge in [0.15, 0.2) is 0 Å². The van der Waals surface area contributed by atoms with E-state index in [1.54, 1.807) is 7.11 Å². The molecule has 0 amide bonds. The van der Waals surface area contributed by atoms with Crippen LogP contribution in [0.2, 0.25) is 5.28 Å². The van der Waals surface area contributed by atoms with Crippen molar-refractivity contribution < 1.29 is 9.84 Å². The van der Waals surface area contributed by atoms with E-state index in [0.717, 1.165) is 10.9 Å². The lowest BCUT2D eigenvalue weighted by molar-refractivity contribution is 0.0694. The molecule has 1 N–H and O–H groups in total. The lowest BCUT2D eigenvalue weighted by Gasteiger charge is -2.22. The Morgan fingerprint density at radius 3 is 2.84 bits per heavy atom. The van der Waals surface area contributed by atoms with Gasteiger partial charge in [-0.1, -0.05) is 12.1 Å². The number of aliphatic hydroxyl groups is 1. The average Bonchev–Trinajstić information content (AvgIpc) is 2.37. The first-order valence-corrected chi connectivity index (χ1v) is 6.30. The number of methoxy groups -OCH3 is 1. The topological polar surface area (TPSA) is 58.5 Å². The number of likely N-dealkylation sites (N-methyl/N-ethyl adjacent to an activating group) is 1. The molecule has 1 aromatic heterocycles. The summed E-state index contributed by atoms with van der Waals surface area (Å²) in [6.07, 6.45) is -0.581. The second-order valence-electron chi connectivity index (χ2n) is 4.32. The fraction of sp³-hybridized carbons (Fsp3) is 0.385. The normalized spacial score (nSPS) is 12.6. The highest BCUT2D eigenvalue weighted by atomic mass is 35.5. The number of halogens is 1. The fourth-order valence-corrected chi connectivity index (χ4v) is 2.14. The number of para-hydroxylation sites is 1. The van der Waals surface area contributed by atoms with E-state index in [1.807, 2.05) is 36.2 Å². The van der Waals surface area contributed by atoms with Crippen molar-refractivity contribution in [1.29, 1.82) is 0 Å². The van der Waals surface area contributed by atoms with Crippen LogP contribution in [0.5, 0.6) is 0 Å². The summed E-state index contributed by atoms with van der Waals surface area (Å²) in [7, 11) is 3.41. The summed E-state index contributed by atoms with van der Waals surface area (Å²) in [4.78, 5) is 10.3. The van der Waals surface area contributed by atoms with E-state index in [4.69, 9.17) is 16.3 Å². The minimum absolute atomic E-state index is 0.196. The van der Waals surface area contributed by atoms with Gasteiger partial charge in [0, 0.05) is 26.1 Å². The number of rotatable bonds is 5. The van der Waals surface area contributed by atoms with E-state index in [1.165, 1.54) is 0 Å². The van der Waals surface area contributed by atoms with Gasteiger partial charge in [-0.15, -0.1) is 0 Å². The Morgan fingerprint density at radius 1 is 1.37 bits per heavy atom. The van der Waals surface area contributed by atoms with Gasteiger partial charge in [-0.3, -0.25) is 0 Å². The molecule has 0 aliphatic rings. The van der Waals surface area contributed by atoms with Crippen molar-refractivity contribution in [1.82, 2.24) is 9.97 Å². The van der Waals surface area contributed by atoms with Crippen LogP contribution in [0.4, 0.5) is 5.82 Å². The summed E-state index contributed by atoms with van der Waals surface area (Å²) in [6.45, 7) is 0.687. The maximum Gasteiger partial charge on any atom is 0.224 e. The number of hydrogen-bond acceptors (Lipinski definition) is 5. The van der Waals surface area contributed by atoms with E-state index in [9.17, 15) is 5.11 Å². The molecule has 0 aliphatic heterocycles. The average molecular weight is 282 g/mol. The molecule has 6 heteroatoms. The summed E-state index contributed by atoms with van der Waals surface area (Å²) in [5.74, 6) is 0.700. The number of anilines is 1. The van der Waals surface area contributed by atoms with Crippen molar-refractivity contribution in [3.05, 3.63) is 29.5 Å². The molecule has 1 heterocycles. The van der Waals surface area contributed by atoms with E-state index in [2.05, 4.69) is 9.97 Å². The molecule has 0 radical (unpaired) electrons. The number of nitrogens with zero attached hydrogens (tertiary/aromatic N) is 3. The van der Waals surface area contributed by atoms with Gasteiger partial charge in [0.2, 0.25) is 5.28 Å². The van der Waals surface area contributed by atoms with Crippen molar-refractivity contribution in [2.24, 2.45) is 0 Å². The van der Waals surface area contributed by atoms with Gasteiger partial charge in [-0.05, 0) is 23.7 Å². The number of ether oxygens (including phenoxy) is 1. The molecule has 5 nitrogen and oxygen atoms in total. The molecule has 0 saturated carbocycles. The van der Waals surface area contributed by atoms with Crippen LogP contribution in [0.15, 0.2) is 24.3 Å². The third-order valence-electron chi connectivity index (χ3n) is 2.76. The van der Waals surface area contributed by atoms with Crippen LogP contribution in [0.1, 0.15) is 0 Å². The number of fused-ring (bicyclic) bond motifs is 1. The van der Waals surface area contributed by atoms with Crippen LogP contribution in [0, 0.1) is 0 Å². The van der Waals surface area contributed by atoms with Crippen LogP contribution in [0.3, 0.4) is 0 Å². The second-order valence-corrected chi connectivity index (χ2v) is 4.66. The lowest BCUT2D eigenvalue weighted by Crippen LogP contribution is -2.32. The molecular formula is C13H16ClN3O2. The molecule has 1 unspecified atom stereocenters. The second kappa shape index (κ2) is 6.14. The summed E-state index contributed by atoms with van der Waals surface area (Å²) in [5, 5.41) is 10.9. The third kappa shape index (κ3) is 3.32. The number of aliphatic hydroxyl groups excluding tert-OH is 1. The summed E-state index contributed by atoms with van der Waals surface area (Å²) < 4.78 is 4.92. The molecule has 0 aliphatic carbocycles. The third-order valence-corrected chi connectivity index (χ3v) is 2.93. The van der Waals surface area contributed by atoms with Gasteiger partial charge in [0.25, 0.3) is 0 Å². The first-order valence-electron chi connectivity index (χ1n) is 5.92. The molecule has 0 spiro atoms. The number of aromatic nitrogens is 2. The zero-order valence-corrected chi connectivity index (χ0v) is 11.6. The van der Waals surface area contributed by atoms with Crippen LogP contribution >= 0.6 is 11.6 Å². The monoisotopic (exact) mass is 281 g/mol. The predicted molar refractivity (Wildman–Crippen MR) is 75.7 cm³/mol. The highest BCUT2D eigenvalue weighted by Crippen LogP contribution is 2.24. The van der Waals surface area contributed by atoms with Crippen LogP contribution < -0.4 is 4.90 Å². The minimum Gasteiger partial charge on any atom is -0.389 e. The Hall–Kier alpha value is -1.43. The predicted octanol–water partition coefficient (Wildman–Crippen LogP) is 1.73. The van der Waals surface area contributed by atoms with Crippen molar-refractivity contribution in [3.8, 4) is 0 Å². The van der Waals surface area contributed by atoms with Crippen molar-refractivity contribution >= 4 is 28.3 Å². The van der Waals surface area contributed by atoms with Gasteiger partial charge in [-0.25, -0.2) is 4.98 Å². The lowest BCUT2D eigenvalue weighted by atomic mass is 10.2. The Labute approximate surface area is 116 Å². The van der Waals surface area contributed by atoms with E-state index < -0.39 is 6.10 Å². The summed E-state index contributed by atoms with van der Waals surface area (Å²) in [6, 6.07) is 7.63. The Bertz CT molecular complexity index is 565. The molecule has 2 rings (SSSR count). The molecule has 0 fully saturated rings. The quantitative estimate of drug-likeness (QED) is 0.846. The Morgan fingerprint density at radius 2 is 2.11 bits per heavy atom. The molecule has 1 atom stereocenters. The molecule has 19 heavy (non-hydrogen) atoms. The van der Waals surface area contributed by atoms with E-state index in [-0.39, 0.29) is 11.9 Å². The highest BCUT2D eigenvalue weighted by molar-refractivity contribution is 6.28. The molecule has 2 aromatic rings. The zero-order chi connectivity index (χ0) is 13.8. The van der Waals surface area contributed by atoms with Crippen LogP contribution in [-0.4, -0.2) is 48.5 Å².